The molecule has 13 heavy (non-hydrogen) atoms. The molecule has 0 aliphatic heterocycles. The summed E-state index contributed by atoms with van der Waals surface area (Å²) in [5.74, 6) is 0.767. The molecule has 2 heteroatoms. The van der Waals surface area contributed by atoms with Crippen molar-refractivity contribution in [3.63, 3.8) is 0 Å². The molecule has 2 unspecified atom stereocenters. The number of nitrogens with one attached hydrogen (secondary N) is 1. The third kappa shape index (κ3) is 3.12. The van der Waals surface area contributed by atoms with Crippen LogP contribution in [0.15, 0.2) is 17.5 Å². The lowest BCUT2D eigenvalue weighted by Gasteiger charge is -2.21. The van der Waals surface area contributed by atoms with Gasteiger partial charge in [-0.1, -0.05) is 19.4 Å². The van der Waals surface area contributed by atoms with Crippen molar-refractivity contribution in [3.8, 4) is 0 Å². The Hall–Kier alpha value is -0.340. The van der Waals surface area contributed by atoms with E-state index >= 15 is 0 Å². The van der Waals surface area contributed by atoms with Gasteiger partial charge in [-0.3, -0.25) is 0 Å². The van der Waals surface area contributed by atoms with E-state index in [0.29, 0.717) is 6.04 Å². The molecule has 1 aromatic heterocycles. The molecule has 1 heterocycles. The smallest absolute Gasteiger partial charge is 0.00673 e. The highest BCUT2D eigenvalue weighted by Gasteiger charge is 2.14. The van der Waals surface area contributed by atoms with E-state index in [-0.39, 0.29) is 0 Å². The molecule has 1 aromatic rings. The van der Waals surface area contributed by atoms with E-state index in [9.17, 15) is 0 Å². The number of rotatable bonds is 5. The summed E-state index contributed by atoms with van der Waals surface area (Å²) in [7, 11) is 2.04. The fourth-order valence-electron chi connectivity index (χ4n) is 1.60. The van der Waals surface area contributed by atoms with Crippen molar-refractivity contribution in [2.75, 3.05) is 7.05 Å². The second-order valence-electron chi connectivity index (χ2n) is 3.53. The number of thiophene rings is 1. The molecule has 0 saturated carbocycles. The predicted octanol–water partition coefficient (Wildman–Crippen LogP) is 2.92. The molecule has 0 bridgehead atoms. The highest BCUT2D eigenvalue weighted by Crippen LogP contribution is 2.19. The largest absolute Gasteiger partial charge is 0.317 e. The summed E-state index contributed by atoms with van der Waals surface area (Å²) in [6, 6.07) is 4.99. The van der Waals surface area contributed by atoms with Gasteiger partial charge in [0.1, 0.15) is 0 Å². The van der Waals surface area contributed by atoms with Crippen LogP contribution in [0.25, 0.3) is 0 Å². The summed E-state index contributed by atoms with van der Waals surface area (Å²) < 4.78 is 0. The average molecular weight is 197 g/mol. The van der Waals surface area contributed by atoms with Gasteiger partial charge in [0.2, 0.25) is 0 Å². The second kappa shape index (κ2) is 5.40. The first-order chi connectivity index (χ1) is 6.27. The van der Waals surface area contributed by atoms with Gasteiger partial charge in [-0.15, -0.1) is 11.3 Å². The van der Waals surface area contributed by atoms with Crippen molar-refractivity contribution in [3.05, 3.63) is 22.4 Å². The van der Waals surface area contributed by atoms with Crippen LogP contribution < -0.4 is 5.32 Å². The van der Waals surface area contributed by atoms with Crippen molar-refractivity contribution in [1.29, 1.82) is 0 Å². The fourth-order valence-corrected chi connectivity index (χ4v) is 2.40. The van der Waals surface area contributed by atoms with E-state index in [1.807, 2.05) is 18.4 Å². The highest BCUT2D eigenvalue weighted by atomic mass is 32.1. The van der Waals surface area contributed by atoms with Gasteiger partial charge in [-0.2, -0.15) is 0 Å². The van der Waals surface area contributed by atoms with Crippen LogP contribution in [-0.2, 0) is 6.42 Å². The van der Waals surface area contributed by atoms with Crippen LogP contribution in [0.1, 0.15) is 25.1 Å². The minimum absolute atomic E-state index is 0.618. The van der Waals surface area contributed by atoms with Gasteiger partial charge in [0, 0.05) is 10.9 Å². The standard InChI is InChI=1S/C11H19NS/c1-4-10(9(2)12-3)8-11-6-5-7-13-11/h5-7,9-10,12H,4,8H2,1-3H3. The molecule has 74 valence electrons. The average Bonchev–Trinajstić information content (AvgIpc) is 2.65. The molecule has 0 aliphatic carbocycles. The van der Waals surface area contributed by atoms with Crippen LogP contribution in [0.4, 0.5) is 0 Å². The molecule has 1 nitrogen and oxygen atoms in total. The van der Waals surface area contributed by atoms with Gasteiger partial charge in [-0.25, -0.2) is 0 Å². The molecule has 1 N–H and O–H groups in total. The summed E-state index contributed by atoms with van der Waals surface area (Å²) in [4.78, 5) is 1.51. The topological polar surface area (TPSA) is 12.0 Å². The van der Waals surface area contributed by atoms with Crippen LogP contribution in [-0.4, -0.2) is 13.1 Å². The van der Waals surface area contributed by atoms with E-state index in [1.165, 1.54) is 17.7 Å². The molecule has 1 rings (SSSR count). The first-order valence-electron chi connectivity index (χ1n) is 4.97. The maximum atomic E-state index is 3.33. The summed E-state index contributed by atoms with van der Waals surface area (Å²) in [6.07, 6.45) is 2.47. The Morgan fingerprint density at radius 3 is 2.77 bits per heavy atom. The van der Waals surface area contributed by atoms with Gasteiger partial charge >= 0.3 is 0 Å². The molecule has 0 radical (unpaired) electrons. The van der Waals surface area contributed by atoms with Crippen LogP contribution in [0.2, 0.25) is 0 Å². The van der Waals surface area contributed by atoms with Gasteiger partial charge < -0.3 is 5.32 Å². The Kier molecular flexibility index (Phi) is 4.46. The summed E-state index contributed by atoms with van der Waals surface area (Å²) in [6.45, 7) is 4.54. The van der Waals surface area contributed by atoms with E-state index in [0.717, 1.165) is 5.92 Å². The lowest BCUT2D eigenvalue weighted by Crippen LogP contribution is -2.31. The van der Waals surface area contributed by atoms with Crippen molar-refractivity contribution >= 4 is 11.3 Å². The molecule has 2 atom stereocenters. The third-order valence-electron chi connectivity index (χ3n) is 2.73. The van der Waals surface area contributed by atoms with E-state index in [4.69, 9.17) is 0 Å². The van der Waals surface area contributed by atoms with Gasteiger partial charge in [0.25, 0.3) is 0 Å². The zero-order valence-corrected chi connectivity index (χ0v) is 9.53. The lowest BCUT2D eigenvalue weighted by atomic mass is 9.94. The molecule has 0 amide bonds. The van der Waals surface area contributed by atoms with Gasteiger partial charge in [-0.05, 0) is 37.8 Å². The maximum Gasteiger partial charge on any atom is 0.00673 e. The SMILES string of the molecule is CCC(Cc1cccs1)C(C)NC. The molecule has 0 saturated heterocycles. The van der Waals surface area contributed by atoms with E-state index < -0.39 is 0 Å². The number of hydrogen-bond donors (Lipinski definition) is 1. The number of hydrogen-bond acceptors (Lipinski definition) is 2. The van der Waals surface area contributed by atoms with Crippen molar-refractivity contribution in [1.82, 2.24) is 5.32 Å². The van der Waals surface area contributed by atoms with Crippen LogP contribution in [0.3, 0.4) is 0 Å². The summed E-state index contributed by atoms with van der Waals surface area (Å²) >= 11 is 1.87. The van der Waals surface area contributed by atoms with Crippen molar-refractivity contribution in [2.45, 2.75) is 32.7 Å². The Morgan fingerprint density at radius 2 is 2.31 bits per heavy atom. The molecular formula is C11H19NS. The Balaban J connectivity index is 2.49. The third-order valence-corrected chi connectivity index (χ3v) is 3.63. The van der Waals surface area contributed by atoms with Gasteiger partial charge in [0.15, 0.2) is 0 Å². The van der Waals surface area contributed by atoms with Crippen LogP contribution in [0, 0.1) is 5.92 Å². The molecule has 0 aliphatic rings. The lowest BCUT2D eigenvalue weighted by molar-refractivity contribution is 0.383. The zero-order chi connectivity index (χ0) is 9.68. The van der Waals surface area contributed by atoms with Crippen molar-refractivity contribution < 1.29 is 0 Å². The van der Waals surface area contributed by atoms with Crippen LogP contribution >= 0.6 is 11.3 Å². The summed E-state index contributed by atoms with van der Waals surface area (Å²) in [5, 5.41) is 5.49. The zero-order valence-electron chi connectivity index (χ0n) is 8.71. The second-order valence-corrected chi connectivity index (χ2v) is 4.56. The molecule has 0 spiro atoms. The van der Waals surface area contributed by atoms with Gasteiger partial charge in [0.05, 0.1) is 0 Å². The maximum absolute atomic E-state index is 3.33. The monoisotopic (exact) mass is 197 g/mol. The fraction of sp³-hybridized carbons (Fsp3) is 0.636. The predicted molar refractivity (Wildman–Crippen MR) is 60.3 cm³/mol. The minimum atomic E-state index is 0.618. The highest BCUT2D eigenvalue weighted by molar-refractivity contribution is 7.09. The Morgan fingerprint density at radius 1 is 1.54 bits per heavy atom. The van der Waals surface area contributed by atoms with Crippen molar-refractivity contribution in [2.24, 2.45) is 5.92 Å². The first kappa shape index (κ1) is 10.7. The minimum Gasteiger partial charge on any atom is -0.317 e. The molecular weight excluding hydrogens is 178 g/mol. The van der Waals surface area contributed by atoms with E-state index in [2.05, 4.69) is 36.7 Å². The molecule has 0 fully saturated rings. The first-order valence-corrected chi connectivity index (χ1v) is 5.85. The van der Waals surface area contributed by atoms with E-state index in [1.54, 1.807) is 0 Å². The summed E-state index contributed by atoms with van der Waals surface area (Å²) in [5.41, 5.74) is 0. The van der Waals surface area contributed by atoms with Crippen LogP contribution in [0.5, 0.6) is 0 Å². The quantitative estimate of drug-likeness (QED) is 0.765. The Labute approximate surface area is 85.2 Å². The molecule has 0 aromatic carbocycles. The normalized spacial score (nSPS) is 15.6. The Bertz CT molecular complexity index is 218.